The third kappa shape index (κ3) is 3.79. The summed E-state index contributed by atoms with van der Waals surface area (Å²) < 4.78 is 2.08. The van der Waals surface area contributed by atoms with Gasteiger partial charge in [-0.3, -0.25) is 9.78 Å². The van der Waals surface area contributed by atoms with Crippen molar-refractivity contribution >= 4 is 5.91 Å². The fourth-order valence-corrected chi connectivity index (χ4v) is 4.42. The molecule has 1 amide bonds. The Kier molecular flexibility index (Phi) is 5.27. The summed E-state index contributed by atoms with van der Waals surface area (Å²) in [6.07, 6.45) is 14.4. The molecule has 2 aromatic heterocycles. The van der Waals surface area contributed by atoms with Crippen molar-refractivity contribution in [2.24, 2.45) is 5.92 Å². The van der Waals surface area contributed by atoms with Gasteiger partial charge in [0.2, 0.25) is 5.91 Å². The summed E-state index contributed by atoms with van der Waals surface area (Å²) >= 11 is 0. The summed E-state index contributed by atoms with van der Waals surface area (Å²) in [5, 5.41) is 8.51. The van der Waals surface area contributed by atoms with Gasteiger partial charge in [0.15, 0.2) is 5.82 Å². The minimum absolute atomic E-state index is 0.0652. The van der Waals surface area contributed by atoms with Gasteiger partial charge in [-0.2, -0.15) is 0 Å². The molecule has 1 unspecified atom stereocenters. The zero-order valence-corrected chi connectivity index (χ0v) is 15.3. The molecule has 6 nitrogen and oxygen atoms in total. The largest absolute Gasteiger partial charge is 0.332 e. The predicted molar refractivity (Wildman–Crippen MR) is 98.2 cm³/mol. The second-order valence-electron chi connectivity index (χ2n) is 7.63. The monoisotopic (exact) mass is 353 g/mol. The number of amides is 1. The number of hydrogen-bond donors (Lipinski definition) is 0. The van der Waals surface area contributed by atoms with Crippen LogP contribution < -0.4 is 0 Å². The summed E-state index contributed by atoms with van der Waals surface area (Å²) in [5.41, 5.74) is 1.17. The van der Waals surface area contributed by atoms with E-state index in [2.05, 4.69) is 24.6 Å². The number of likely N-dealkylation sites (tertiary alicyclic amines) is 1. The van der Waals surface area contributed by atoms with E-state index in [0.717, 1.165) is 25.2 Å². The van der Waals surface area contributed by atoms with Crippen LogP contribution in [0.4, 0.5) is 0 Å². The number of aromatic nitrogens is 4. The fourth-order valence-electron chi connectivity index (χ4n) is 4.42. The highest BCUT2D eigenvalue weighted by atomic mass is 16.2. The molecule has 1 atom stereocenters. The minimum Gasteiger partial charge on any atom is -0.332 e. The first kappa shape index (κ1) is 17.2. The summed E-state index contributed by atoms with van der Waals surface area (Å²) in [4.78, 5) is 19.1. The van der Waals surface area contributed by atoms with E-state index in [1.165, 1.54) is 37.7 Å². The van der Waals surface area contributed by atoms with Crippen LogP contribution in [-0.2, 0) is 11.3 Å². The number of nitrogens with zero attached hydrogens (tertiary/aromatic N) is 5. The van der Waals surface area contributed by atoms with E-state index >= 15 is 0 Å². The molecule has 138 valence electrons. The van der Waals surface area contributed by atoms with Gasteiger partial charge in [-0.25, -0.2) is 0 Å². The van der Waals surface area contributed by atoms with Gasteiger partial charge in [0.05, 0.1) is 12.6 Å². The Morgan fingerprint density at radius 2 is 1.88 bits per heavy atom. The molecular formula is C20H27N5O. The molecule has 0 spiro atoms. The summed E-state index contributed by atoms with van der Waals surface area (Å²) in [5.74, 6) is 1.79. The molecular weight excluding hydrogens is 326 g/mol. The van der Waals surface area contributed by atoms with Crippen LogP contribution in [0.15, 0.2) is 30.9 Å². The van der Waals surface area contributed by atoms with Gasteiger partial charge in [-0.15, -0.1) is 10.2 Å². The second kappa shape index (κ2) is 7.98. The third-order valence-electron chi connectivity index (χ3n) is 5.81. The topological polar surface area (TPSA) is 63.9 Å². The maximum Gasteiger partial charge on any atom is 0.223 e. The average molecular weight is 353 g/mol. The zero-order chi connectivity index (χ0) is 17.8. The van der Waals surface area contributed by atoms with Crippen LogP contribution in [0.1, 0.15) is 68.8 Å². The van der Waals surface area contributed by atoms with Gasteiger partial charge >= 0.3 is 0 Å². The van der Waals surface area contributed by atoms with Crippen LogP contribution in [0.5, 0.6) is 0 Å². The van der Waals surface area contributed by atoms with E-state index in [9.17, 15) is 4.79 Å². The molecule has 1 saturated carbocycles. The second-order valence-corrected chi connectivity index (χ2v) is 7.63. The maximum atomic E-state index is 12.9. The summed E-state index contributed by atoms with van der Waals surface area (Å²) in [6, 6.07) is 4.07. The highest BCUT2D eigenvalue weighted by molar-refractivity contribution is 5.77. The molecule has 0 radical (unpaired) electrons. The standard InChI is InChI=1S/C20H27N5O/c26-19(13-16-5-2-1-3-6-16)25-12-4-7-18(25)20-23-22-15-24(20)14-17-8-10-21-11-9-17/h8-11,15-16,18H,1-7,12-14H2. The molecule has 2 fully saturated rings. The van der Waals surface area contributed by atoms with Crippen LogP contribution in [0.25, 0.3) is 0 Å². The molecule has 1 aliphatic carbocycles. The number of pyridine rings is 1. The lowest BCUT2D eigenvalue weighted by Gasteiger charge is -2.28. The molecule has 0 aromatic carbocycles. The highest BCUT2D eigenvalue weighted by Crippen LogP contribution is 2.34. The number of carbonyl (C=O) groups is 1. The van der Waals surface area contributed by atoms with Crippen LogP contribution in [0, 0.1) is 5.92 Å². The van der Waals surface area contributed by atoms with Crippen molar-refractivity contribution in [3.8, 4) is 0 Å². The lowest BCUT2D eigenvalue weighted by Crippen LogP contribution is -2.33. The van der Waals surface area contributed by atoms with Gasteiger partial charge in [0, 0.05) is 25.4 Å². The van der Waals surface area contributed by atoms with E-state index < -0.39 is 0 Å². The van der Waals surface area contributed by atoms with Crippen molar-refractivity contribution in [1.82, 2.24) is 24.6 Å². The number of rotatable bonds is 5. The molecule has 1 saturated heterocycles. The highest BCUT2D eigenvalue weighted by Gasteiger charge is 2.34. The molecule has 2 aliphatic rings. The Bertz CT molecular complexity index is 723. The smallest absolute Gasteiger partial charge is 0.223 e. The third-order valence-corrected chi connectivity index (χ3v) is 5.81. The van der Waals surface area contributed by atoms with Crippen molar-refractivity contribution in [2.45, 2.75) is 64.0 Å². The van der Waals surface area contributed by atoms with Crippen molar-refractivity contribution in [3.63, 3.8) is 0 Å². The lowest BCUT2D eigenvalue weighted by atomic mass is 9.86. The van der Waals surface area contributed by atoms with Gasteiger partial charge < -0.3 is 9.47 Å². The van der Waals surface area contributed by atoms with E-state index in [4.69, 9.17) is 0 Å². The van der Waals surface area contributed by atoms with Crippen molar-refractivity contribution in [2.75, 3.05) is 6.54 Å². The Morgan fingerprint density at radius 1 is 1.08 bits per heavy atom. The maximum absolute atomic E-state index is 12.9. The zero-order valence-electron chi connectivity index (χ0n) is 15.3. The molecule has 3 heterocycles. The summed E-state index contributed by atoms with van der Waals surface area (Å²) in [6.45, 7) is 1.56. The molecule has 0 N–H and O–H groups in total. The van der Waals surface area contributed by atoms with Gasteiger partial charge in [0.25, 0.3) is 0 Å². The SMILES string of the molecule is O=C(CC1CCCCC1)N1CCCC1c1nncn1Cc1ccncc1. The van der Waals surface area contributed by atoms with E-state index in [0.29, 0.717) is 24.8 Å². The molecule has 2 aromatic rings. The van der Waals surface area contributed by atoms with Gasteiger partial charge in [-0.1, -0.05) is 19.3 Å². The van der Waals surface area contributed by atoms with Crippen molar-refractivity contribution in [3.05, 3.63) is 42.2 Å². The predicted octanol–water partition coefficient (Wildman–Crippen LogP) is 3.36. The Morgan fingerprint density at radius 3 is 2.69 bits per heavy atom. The lowest BCUT2D eigenvalue weighted by molar-refractivity contribution is -0.133. The fraction of sp³-hybridized carbons (Fsp3) is 0.600. The number of carbonyl (C=O) groups excluding carboxylic acids is 1. The summed E-state index contributed by atoms with van der Waals surface area (Å²) in [7, 11) is 0. The van der Waals surface area contributed by atoms with E-state index in [1.807, 2.05) is 12.1 Å². The van der Waals surface area contributed by atoms with Crippen LogP contribution in [0.2, 0.25) is 0 Å². The quantitative estimate of drug-likeness (QED) is 0.827. The molecule has 4 rings (SSSR count). The molecule has 26 heavy (non-hydrogen) atoms. The van der Waals surface area contributed by atoms with Crippen LogP contribution in [-0.4, -0.2) is 37.1 Å². The average Bonchev–Trinajstić information content (AvgIpc) is 3.32. The normalized spacial score (nSPS) is 21.2. The first-order valence-corrected chi connectivity index (χ1v) is 9.87. The Labute approximate surface area is 154 Å². The van der Waals surface area contributed by atoms with Crippen molar-refractivity contribution < 1.29 is 4.79 Å². The van der Waals surface area contributed by atoms with Crippen LogP contribution >= 0.6 is 0 Å². The Hall–Kier alpha value is -2.24. The van der Waals surface area contributed by atoms with E-state index in [-0.39, 0.29) is 6.04 Å². The minimum atomic E-state index is 0.0652. The number of hydrogen-bond acceptors (Lipinski definition) is 4. The van der Waals surface area contributed by atoms with Crippen LogP contribution in [0.3, 0.4) is 0 Å². The first-order valence-electron chi connectivity index (χ1n) is 9.87. The van der Waals surface area contributed by atoms with E-state index in [1.54, 1.807) is 18.7 Å². The Balaban J connectivity index is 1.46. The van der Waals surface area contributed by atoms with Gasteiger partial charge in [-0.05, 0) is 49.3 Å². The van der Waals surface area contributed by atoms with Gasteiger partial charge in [0.1, 0.15) is 6.33 Å². The molecule has 6 heteroatoms. The van der Waals surface area contributed by atoms with Crippen molar-refractivity contribution in [1.29, 1.82) is 0 Å². The first-order chi connectivity index (χ1) is 12.8. The molecule has 0 bridgehead atoms. The molecule has 1 aliphatic heterocycles.